The third kappa shape index (κ3) is 6.40. The van der Waals surface area contributed by atoms with Crippen LogP contribution in [0, 0.1) is 12.8 Å². The van der Waals surface area contributed by atoms with Gasteiger partial charge in [-0.3, -0.25) is 9.79 Å². The van der Waals surface area contributed by atoms with E-state index >= 15 is 0 Å². The van der Waals surface area contributed by atoms with Crippen LogP contribution in [0.4, 0.5) is 0 Å². The Morgan fingerprint density at radius 1 is 1.20 bits per heavy atom. The van der Waals surface area contributed by atoms with E-state index in [1.54, 1.807) is 0 Å². The summed E-state index contributed by atoms with van der Waals surface area (Å²) in [6.07, 6.45) is 2.08. The molecule has 0 unspecified atom stereocenters. The van der Waals surface area contributed by atoms with Crippen LogP contribution in [-0.2, 0) is 10.2 Å². The van der Waals surface area contributed by atoms with Crippen LogP contribution in [-0.4, -0.2) is 38.0 Å². The molecule has 0 bridgehead atoms. The molecule has 0 radical (unpaired) electrons. The third-order valence-electron chi connectivity index (χ3n) is 4.44. The number of rotatable bonds is 8. The van der Waals surface area contributed by atoms with Crippen LogP contribution in [0.25, 0.3) is 0 Å². The molecule has 0 spiro atoms. The van der Waals surface area contributed by atoms with Crippen molar-refractivity contribution < 1.29 is 4.79 Å². The Bertz CT molecular complexity index is 605. The van der Waals surface area contributed by atoms with Crippen molar-refractivity contribution in [2.45, 2.75) is 46.0 Å². The number of aryl methyl sites for hydroxylation is 1. The summed E-state index contributed by atoms with van der Waals surface area (Å²) in [6.45, 7) is 11.4. The first-order chi connectivity index (χ1) is 11.9. The van der Waals surface area contributed by atoms with Crippen molar-refractivity contribution in [1.29, 1.82) is 0 Å². The maximum absolute atomic E-state index is 11.6. The zero-order chi connectivity index (χ0) is 18.3. The van der Waals surface area contributed by atoms with Gasteiger partial charge in [-0.25, -0.2) is 0 Å². The molecule has 5 heteroatoms. The summed E-state index contributed by atoms with van der Waals surface area (Å²) in [4.78, 5) is 16.4. The van der Waals surface area contributed by atoms with Crippen LogP contribution in [0.2, 0.25) is 0 Å². The van der Waals surface area contributed by atoms with Gasteiger partial charge in [0.05, 0.1) is 6.54 Å². The van der Waals surface area contributed by atoms with Crippen molar-refractivity contribution in [2.75, 3.05) is 26.2 Å². The number of hydrogen-bond acceptors (Lipinski definition) is 2. The molecule has 1 saturated carbocycles. The number of amides is 1. The standard InChI is InChI=1S/C20H32N4O/c1-5-21-19(23-12-11-22-18(25)16-9-10-16)24-14-20(3,4)17-8-6-7-15(2)13-17/h6-8,13,16H,5,9-12,14H2,1-4H3,(H,22,25)(H2,21,23,24). The van der Waals surface area contributed by atoms with E-state index in [0.29, 0.717) is 19.6 Å². The van der Waals surface area contributed by atoms with Gasteiger partial charge in [0.25, 0.3) is 0 Å². The second-order valence-corrected chi connectivity index (χ2v) is 7.44. The van der Waals surface area contributed by atoms with Gasteiger partial charge in [0.2, 0.25) is 5.91 Å². The van der Waals surface area contributed by atoms with Crippen LogP contribution in [0.5, 0.6) is 0 Å². The fraction of sp³-hybridized carbons (Fsp3) is 0.600. The zero-order valence-corrected chi connectivity index (χ0v) is 16.0. The van der Waals surface area contributed by atoms with Crippen molar-refractivity contribution in [1.82, 2.24) is 16.0 Å². The molecule has 3 N–H and O–H groups in total. The first-order valence-corrected chi connectivity index (χ1v) is 9.29. The fourth-order valence-electron chi connectivity index (χ4n) is 2.63. The van der Waals surface area contributed by atoms with E-state index < -0.39 is 0 Å². The Hall–Kier alpha value is -2.04. The van der Waals surface area contributed by atoms with Gasteiger partial charge in [-0.2, -0.15) is 0 Å². The Kier molecular flexibility index (Phi) is 6.85. The summed E-state index contributed by atoms with van der Waals surface area (Å²) in [5.74, 6) is 1.24. The zero-order valence-electron chi connectivity index (χ0n) is 16.0. The number of hydrogen-bond donors (Lipinski definition) is 3. The molecule has 0 aromatic heterocycles. The maximum atomic E-state index is 11.6. The van der Waals surface area contributed by atoms with Gasteiger partial charge >= 0.3 is 0 Å². The van der Waals surface area contributed by atoms with Crippen molar-refractivity contribution in [3.8, 4) is 0 Å². The molecule has 1 aromatic rings. The Labute approximate surface area is 151 Å². The Morgan fingerprint density at radius 2 is 1.92 bits per heavy atom. The summed E-state index contributed by atoms with van der Waals surface area (Å²) in [6, 6.07) is 8.60. The molecule has 0 atom stereocenters. The number of carbonyl (C=O) groups excluding carboxylic acids is 1. The molecule has 0 saturated heterocycles. The van der Waals surface area contributed by atoms with Gasteiger partial charge in [0.1, 0.15) is 0 Å². The number of guanidine groups is 1. The fourth-order valence-corrected chi connectivity index (χ4v) is 2.63. The smallest absolute Gasteiger partial charge is 0.223 e. The van der Waals surface area contributed by atoms with E-state index in [1.807, 2.05) is 0 Å². The highest BCUT2D eigenvalue weighted by Crippen LogP contribution is 2.28. The minimum absolute atomic E-state index is 0.0332. The SMILES string of the molecule is CCNC(=NCC(C)(C)c1cccc(C)c1)NCCNC(=O)C1CC1. The van der Waals surface area contributed by atoms with E-state index in [2.05, 4.69) is 67.9 Å². The van der Waals surface area contributed by atoms with Crippen LogP contribution in [0.15, 0.2) is 29.3 Å². The summed E-state index contributed by atoms with van der Waals surface area (Å²) in [5.41, 5.74) is 2.53. The molecule has 138 valence electrons. The first kappa shape index (κ1) is 19.3. The molecule has 0 aliphatic heterocycles. The van der Waals surface area contributed by atoms with Crippen molar-refractivity contribution >= 4 is 11.9 Å². The van der Waals surface area contributed by atoms with E-state index in [0.717, 1.165) is 25.3 Å². The molecular weight excluding hydrogens is 312 g/mol. The molecule has 0 heterocycles. The molecule has 1 fully saturated rings. The third-order valence-corrected chi connectivity index (χ3v) is 4.44. The van der Waals surface area contributed by atoms with Crippen LogP contribution in [0.3, 0.4) is 0 Å². The molecule has 25 heavy (non-hydrogen) atoms. The number of nitrogens with zero attached hydrogens (tertiary/aromatic N) is 1. The monoisotopic (exact) mass is 344 g/mol. The lowest BCUT2D eigenvalue weighted by Gasteiger charge is -2.24. The lowest BCUT2D eigenvalue weighted by atomic mass is 9.84. The van der Waals surface area contributed by atoms with Gasteiger partial charge in [-0.15, -0.1) is 0 Å². The predicted octanol–water partition coefficient (Wildman–Crippen LogP) is 2.35. The highest BCUT2D eigenvalue weighted by Gasteiger charge is 2.29. The number of carbonyl (C=O) groups is 1. The van der Waals surface area contributed by atoms with Gasteiger partial charge in [0, 0.05) is 31.0 Å². The molecule has 2 rings (SSSR count). The van der Waals surface area contributed by atoms with Crippen LogP contribution in [0.1, 0.15) is 44.7 Å². The van der Waals surface area contributed by atoms with Crippen molar-refractivity contribution in [3.05, 3.63) is 35.4 Å². The summed E-state index contributed by atoms with van der Waals surface area (Å²) in [5, 5.41) is 9.52. The average molecular weight is 345 g/mol. The summed E-state index contributed by atoms with van der Waals surface area (Å²) >= 11 is 0. The average Bonchev–Trinajstić information content (AvgIpc) is 3.41. The molecule has 1 aromatic carbocycles. The molecule has 1 amide bonds. The summed E-state index contributed by atoms with van der Waals surface area (Å²) < 4.78 is 0. The normalized spacial score (nSPS) is 15.0. The number of benzene rings is 1. The van der Waals surface area contributed by atoms with Crippen LogP contribution >= 0.6 is 0 Å². The lowest BCUT2D eigenvalue weighted by molar-refractivity contribution is -0.122. The second-order valence-electron chi connectivity index (χ2n) is 7.44. The second kappa shape index (κ2) is 8.88. The highest BCUT2D eigenvalue weighted by molar-refractivity contribution is 5.81. The quantitative estimate of drug-likeness (QED) is 0.385. The minimum Gasteiger partial charge on any atom is -0.357 e. The van der Waals surface area contributed by atoms with Crippen molar-refractivity contribution in [2.24, 2.45) is 10.9 Å². The molecule has 1 aliphatic carbocycles. The minimum atomic E-state index is -0.0332. The van der Waals surface area contributed by atoms with Gasteiger partial charge in [-0.05, 0) is 32.3 Å². The van der Waals surface area contributed by atoms with Gasteiger partial charge in [0.15, 0.2) is 5.96 Å². The predicted molar refractivity (Wildman–Crippen MR) is 104 cm³/mol. The Balaban J connectivity index is 1.85. The lowest BCUT2D eigenvalue weighted by Crippen LogP contribution is -2.42. The first-order valence-electron chi connectivity index (χ1n) is 9.29. The van der Waals surface area contributed by atoms with Gasteiger partial charge in [-0.1, -0.05) is 43.7 Å². The maximum Gasteiger partial charge on any atom is 0.223 e. The number of aliphatic imine (C=N–C) groups is 1. The topological polar surface area (TPSA) is 65.5 Å². The van der Waals surface area contributed by atoms with E-state index in [-0.39, 0.29) is 17.2 Å². The molecule has 1 aliphatic rings. The Morgan fingerprint density at radius 3 is 2.56 bits per heavy atom. The van der Waals surface area contributed by atoms with Gasteiger partial charge < -0.3 is 16.0 Å². The number of nitrogens with one attached hydrogen (secondary N) is 3. The van der Waals surface area contributed by atoms with E-state index in [1.165, 1.54) is 11.1 Å². The highest BCUT2D eigenvalue weighted by atomic mass is 16.2. The van der Waals surface area contributed by atoms with E-state index in [4.69, 9.17) is 4.99 Å². The molecule has 5 nitrogen and oxygen atoms in total. The van der Waals surface area contributed by atoms with Crippen LogP contribution < -0.4 is 16.0 Å². The van der Waals surface area contributed by atoms with Crippen molar-refractivity contribution in [3.63, 3.8) is 0 Å². The largest absolute Gasteiger partial charge is 0.357 e. The molecular formula is C20H32N4O. The summed E-state index contributed by atoms with van der Waals surface area (Å²) in [7, 11) is 0. The van der Waals surface area contributed by atoms with E-state index in [9.17, 15) is 4.79 Å².